The van der Waals surface area contributed by atoms with Gasteiger partial charge < -0.3 is 10.1 Å². The van der Waals surface area contributed by atoms with Gasteiger partial charge in [0.2, 0.25) is 0 Å². The normalized spacial score (nSPS) is 23.4. The average molecular weight is 273 g/mol. The lowest BCUT2D eigenvalue weighted by Crippen LogP contribution is -2.28. The molecule has 1 saturated carbocycles. The van der Waals surface area contributed by atoms with Crippen LogP contribution >= 0.6 is 0 Å². The number of hydrogen-bond acceptors (Lipinski definition) is 2. The lowest BCUT2D eigenvalue weighted by Gasteiger charge is -2.29. The summed E-state index contributed by atoms with van der Waals surface area (Å²) >= 11 is 0. The monoisotopic (exact) mass is 273 g/mol. The van der Waals surface area contributed by atoms with Crippen LogP contribution in [0.1, 0.15) is 61.3 Å². The largest absolute Gasteiger partial charge is 0.493 e. The van der Waals surface area contributed by atoms with Gasteiger partial charge in [0.05, 0.1) is 6.61 Å². The van der Waals surface area contributed by atoms with E-state index in [0.717, 1.165) is 24.8 Å². The van der Waals surface area contributed by atoms with E-state index in [9.17, 15) is 0 Å². The molecule has 2 nitrogen and oxygen atoms in total. The molecule has 1 aliphatic carbocycles. The van der Waals surface area contributed by atoms with Crippen molar-refractivity contribution in [2.75, 3.05) is 13.2 Å². The average Bonchev–Trinajstić information content (AvgIpc) is 2.41. The first-order valence-corrected chi connectivity index (χ1v) is 8.21. The molecular formula is C18H27NO. The number of rotatable bonds is 4. The molecule has 2 aliphatic rings. The fraction of sp³-hybridized carbons (Fsp3) is 0.667. The lowest BCUT2D eigenvalue weighted by atomic mass is 9.86. The summed E-state index contributed by atoms with van der Waals surface area (Å²) < 4.78 is 6.19. The molecule has 0 spiro atoms. The highest BCUT2D eigenvalue weighted by Gasteiger charge is 2.22. The van der Waals surface area contributed by atoms with Crippen LogP contribution in [0.2, 0.25) is 0 Å². The van der Waals surface area contributed by atoms with Crippen LogP contribution < -0.4 is 10.1 Å². The number of piperidine rings is 1. The van der Waals surface area contributed by atoms with E-state index in [1.807, 2.05) is 0 Å². The molecule has 2 fully saturated rings. The van der Waals surface area contributed by atoms with Crippen molar-refractivity contribution in [1.29, 1.82) is 0 Å². The zero-order chi connectivity index (χ0) is 13.9. The number of benzene rings is 1. The van der Waals surface area contributed by atoms with Gasteiger partial charge in [-0.1, -0.05) is 18.9 Å². The molecule has 1 N–H and O–H groups in total. The van der Waals surface area contributed by atoms with E-state index in [1.165, 1.54) is 55.2 Å². The molecule has 110 valence electrons. The van der Waals surface area contributed by atoms with Gasteiger partial charge in [-0.15, -0.1) is 0 Å². The van der Waals surface area contributed by atoms with Gasteiger partial charge >= 0.3 is 0 Å². The molecule has 1 heterocycles. The third kappa shape index (κ3) is 3.01. The topological polar surface area (TPSA) is 21.3 Å². The molecule has 0 aromatic heterocycles. The van der Waals surface area contributed by atoms with Gasteiger partial charge in [0.25, 0.3) is 0 Å². The standard InChI is InChI=1S/C18H27NO/c1-13-10-16(17-8-3-4-9-19-17)18(11-14(13)2)20-12-15-6-5-7-15/h10-11,15,17,19H,3-9,12H2,1-2H3. The zero-order valence-corrected chi connectivity index (χ0v) is 12.9. The summed E-state index contributed by atoms with van der Waals surface area (Å²) in [4.78, 5) is 0. The minimum absolute atomic E-state index is 0.486. The van der Waals surface area contributed by atoms with Crippen LogP contribution in [0.25, 0.3) is 0 Å². The Labute approximate surface area is 122 Å². The van der Waals surface area contributed by atoms with Gasteiger partial charge in [-0.25, -0.2) is 0 Å². The molecule has 1 aliphatic heterocycles. The summed E-state index contributed by atoms with van der Waals surface area (Å²) in [5.41, 5.74) is 4.10. The fourth-order valence-corrected chi connectivity index (χ4v) is 3.19. The summed E-state index contributed by atoms with van der Waals surface area (Å²) in [5, 5.41) is 3.66. The molecule has 1 unspecified atom stereocenters. The Morgan fingerprint density at radius 1 is 1.05 bits per heavy atom. The number of ether oxygens (including phenoxy) is 1. The maximum Gasteiger partial charge on any atom is 0.124 e. The van der Waals surface area contributed by atoms with Crippen LogP contribution in [-0.2, 0) is 0 Å². The first kappa shape index (κ1) is 13.9. The summed E-state index contributed by atoms with van der Waals surface area (Å²) in [6.45, 7) is 6.43. The Morgan fingerprint density at radius 2 is 1.85 bits per heavy atom. The fourth-order valence-electron chi connectivity index (χ4n) is 3.19. The smallest absolute Gasteiger partial charge is 0.124 e. The Bertz CT molecular complexity index is 459. The Morgan fingerprint density at radius 3 is 2.50 bits per heavy atom. The van der Waals surface area contributed by atoms with E-state index >= 15 is 0 Å². The highest BCUT2D eigenvalue weighted by molar-refractivity contribution is 5.43. The number of aryl methyl sites for hydroxylation is 2. The lowest BCUT2D eigenvalue weighted by molar-refractivity contribution is 0.178. The highest BCUT2D eigenvalue weighted by Crippen LogP contribution is 2.34. The Balaban J connectivity index is 1.79. The summed E-state index contributed by atoms with van der Waals surface area (Å²) in [6, 6.07) is 5.08. The predicted octanol–water partition coefficient (Wildman–Crippen LogP) is 4.30. The molecule has 20 heavy (non-hydrogen) atoms. The van der Waals surface area contributed by atoms with Crippen LogP contribution in [0, 0.1) is 19.8 Å². The molecule has 3 rings (SSSR count). The summed E-state index contributed by atoms with van der Waals surface area (Å²) in [7, 11) is 0. The van der Waals surface area contributed by atoms with Gasteiger partial charge in [0, 0.05) is 11.6 Å². The third-order valence-corrected chi connectivity index (χ3v) is 5.01. The second kappa shape index (κ2) is 6.17. The van der Waals surface area contributed by atoms with Crippen molar-refractivity contribution >= 4 is 0 Å². The molecule has 1 aromatic rings. The number of nitrogens with one attached hydrogen (secondary N) is 1. The maximum absolute atomic E-state index is 6.19. The van der Waals surface area contributed by atoms with Crippen molar-refractivity contribution < 1.29 is 4.74 Å². The van der Waals surface area contributed by atoms with E-state index in [1.54, 1.807) is 0 Å². The van der Waals surface area contributed by atoms with E-state index in [2.05, 4.69) is 31.3 Å². The molecule has 2 heteroatoms. The van der Waals surface area contributed by atoms with E-state index in [-0.39, 0.29) is 0 Å². The van der Waals surface area contributed by atoms with Gasteiger partial charge in [0.15, 0.2) is 0 Å². The van der Waals surface area contributed by atoms with E-state index < -0.39 is 0 Å². The number of hydrogen-bond donors (Lipinski definition) is 1. The van der Waals surface area contributed by atoms with Crippen molar-refractivity contribution in [3.05, 3.63) is 28.8 Å². The minimum atomic E-state index is 0.486. The van der Waals surface area contributed by atoms with Crippen LogP contribution in [0.15, 0.2) is 12.1 Å². The maximum atomic E-state index is 6.19. The molecule has 1 aromatic carbocycles. The Hall–Kier alpha value is -1.02. The predicted molar refractivity (Wildman–Crippen MR) is 83.3 cm³/mol. The van der Waals surface area contributed by atoms with Gasteiger partial charge in [-0.05, 0) is 69.2 Å². The van der Waals surface area contributed by atoms with Crippen molar-refractivity contribution in [2.45, 2.75) is 58.4 Å². The second-order valence-electron chi connectivity index (χ2n) is 6.58. The van der Waals surface area contributed by atoms with Crippen LogP contribution in [0.3, 0.4) is 0 Å². The second-order valence-corrected chi connectivity index (χ2v) is 6.58. The van der Waals surface area contributed by atoms with Crippen molar-refractivity contribution in [3.63, 3.8) is 0 Å². The summed E-state index contributed by atoms with van der Waals surface area (Å²) in [6.07, 6.45) is 7.95. The van der Waals surface area contributed by atoms with Gasteiger partial charge in [0.1, 0.15) is 5.75 Å². The molecule has 1 atom stereocenters. The van der Waals surface area contributed by atoms with Crippen molar-refractivity contribution in [2.24, 2.45) is 5.92 Å². The Kier molecular flexibility index (Phi) is 4.30. The van der Waals surface area contributed by atoms with Gasteiger partial charge in [-0.3, -0.25) is 0 Å². The van der Waals surface area contributed by atoms with Crippen LogP contribution in [0.5, 0.6) is 5.75 Å². The van der Waals surface area contributed by atoms with Crippen LogP contribution in [0.4, 0.5) is 0 Å². The summed E-state index contributed by atoms with van der Waals surface area (Å²) in [5.74, 6) is 1.92. The molecule has 0 bridgehead atoms. The quantitative estimate of drug-likeness (QED) is 0.883. The van der Waals surface area contributed by atoms with E-state index in [4.69, 9.17) is 4.74 Å². The van der Waals surface area contributed by atoms with E-state index in [0.29, 0.717) is 6.04 Å². The SMILES string of the molecule is Cc1cc(OCC2CCC2)c(C2CCCCN2)cc1C. The van der Waals surface area contributed by atoms with Crippen molar-refractivity contribution in [3.8, 4) is 5.75 Å². The zero-order valence-electron chi connectivity index (χ0n) is 12.9. The molecule has 1 saturated heterocycles. The molecular weight excluding hydrogens is 246 g/mol. The van der Waals surface area contributed by atoms with Crippen molar-refractivity contribution in [1.82, 2.24) is 5.32 Å². The third-order valence-electron chi connectivity index (χ3n) is 5.01. The van der Waals surface area contributed by atoms with Gasteiger partial charge in [-0.2, -0.15) is 0 Å². The molecule has 0 radical (unpaired) electrons. The first-order chi connectivity index (χ1) is 9.74. The minimum Gasteiger partial charge on any atom is -0.493 e. The molecule has 0 amide bonds. The highest BCUT2D eigenvalue weighted by atomic mass is 16.5. The van der Waals surface area contributed by atoms with Crippen LogP contribution in [-0.4, -0.2) is 13.2 Å². The first-order valence-electron chi connectivity index (χ1n) is 8.21.